The monoisotopic (exact) mass is 204 g/mol. The first-order valence-corrected chi connectivity index (χ1v) is 4.04. The molecule has 0 aromatic carbocycles. The number of alkyl halides is 3. The van der Waals surface area contributed by atoms with Crippen LogP contribution in [0.3, 0.4) is 0 Å². The minimum absolute atomic E-state index is 0.0285. The van der Waals surface area contributed by atoms with Crippen molar-refractivity contribution >= 4 is 5.69 Å². The quantitative estimate of drug-likeness (QED) is 0.763. The average molecular weight is 204 g/mol. The maximum absolute atomic E-state index is 12.5. The molecule has 0 atom stereocenters. The third-order valence-electron chi connectivity index (χ3n) is 2.14. The van der Waals surface area contributed by atoms with Gasteiger partial charge in [0.25, 0.3) is 0 Å². The van der Waals surface area contributed by atoms with E-state index < -0.39 is 11.6 Å². The van der Waals surface area contributed by atoms with Gasteiger partial charge in [0.1, 0.15) is 5.41 Å². The molecule has 1 rings (SSSR count). The molecule has 5 heteroatoms. The predicted molar refractivity (Wildman–Crippen MR) is 47.7 cm³/mol. The van der Waals surface area contributed by atoms with E-state index >= 15 is 0 Å². The van der Waals surface area contributed by atoms with Gasteiger partial charge in [-0.1, -0.05) is 0 Å². The lowest BCUT2D eigenvalue weighted by Crippen LogP contribution is -2.37. The van der Waals surface area contributed by atoms with E-state index in [4.69, 9.17) is 5.73 Å². The summed E-state index contributed by atoms with van der Waals surface area (Å²) in [6.45, 7) is 2.18. The third-order valence-corrected chi connectivity index (χ3v) is 2.14. The number of hydrogen-bond acceptors (Lipinski definition) is 2. The molecule has 0 saturated carbocycles. The highest BCUT2D eigenvalue weighted by molar-refractivity contribution is 5.36. The number of aromatic nitrogens is 1. The van der Waals surface area contributed by atoms with E-state index in [1.54, 1.807) is 0 Å². The van der Waals surface area contributed by atoms with Crippen LogP contribution in [0.1, 0.15) is 19.5 Å². The molecule has 0 fully saturated rings. The highest BCUT2D eigenvalue weighted by atomic mass is 19.4. The Kier molecular flexibility index (Phi) is 2.43. The number of hydrogen-bond donors (Lipinski definition) is 1. The van der Waals surface area contributed by atoms with Gasteiger partial charge >= 0.3 is 6.18 Å². The Bertz CT molecular complexity index is 314. The summed E-state index contributed by atoms with van der Waals surface area (Å²) in [6, 6.07) is 2.71. The molecule has 0 unspecified atom stereocenters. The second-order valence-corrected chi connectivity index (χ2v) is 3.60. The van der Waals surface area contributed by atoms with Crippen molar-refractivity contribution in [3.8, 4) is 0 Å². The second kappa shape index (κ2) is 3.15. The van der Waals surface area contributed by atoms with E-state index in [1.165, 1.54) is 18.3 Å². The molecule has 2 nitrogen and oxygen atoms in total. The van der Waals surface area contributed by atoms with E-state index in [1.807, 2.05) is 0 Å². The fourth-order valence-electron chi connectivity index (χ4n) is 0.920. The molecule has 0 aliphatic heterocycles. The maximum Gasteiger partial charge on any atom is 0.399 e. The SMILES string of the molecule is CC(C)(c1ccc(N)cn1)C(F)(F)F. The standard InChI is InChI=1S/C9H11F3N2/c1-8(2,9(10,11)12)7-4-3-6(13)5-14-7/h3-5H,13H2,1-2H3. The zero-order valence-electron chi connectivity index (χ0n) is 7.89. The highest BCUT2D eigenvalue weighted by Crippen LogP contribution is 2.39. The molecule has 14 heavy (non-hydrogen) atoms. The van der Waals surface area contributed by atoms with Gasteiger partial charge in [0.15, 0.2) is 0 Å². The molecule has 0 aliphatic rings. The van der Waals surface area contributed by atoms with Gasteiger partial charge in [-0.25, -0.2) is 0 Å². The molecular weight excluding hydrogens is 193 g/mol. The van der Waals surface area contributed by atoms with E-state index in [-0.39, 0.29) is 5.69 Å². The lowest BCUT2D eigenvalue weighted by atomic mass is 9.88. The summed E-state index contributed by atoms with van der Waals surface area (Å²) in [4.78, 5) is 3.67. The molecule has 78 valence electrons. The van der Waals surface area contributed by atoms with Crippen molar-refractivity contribution in [1.82, 2.24) is 4.98 Å². The lowest BCUT2D eigenvalue weighted by Gasteiger charge is -2.26. The van der Waals surface area contributed by atoms with Crippen molar-refractivity contribution in [1.29, 1.82) is 0 Å². The van der Waals surface area contributed by atoms with Crippen molar-refractivity contribution < 1.29 is 13.2 Å². The van der Waals surface area contributed by atoms with Crippen LogP contribution in [0.25, 0.3) is 0 Å². The van der Waals surface area contributed by atoms with Crippen molar-refractivity contribution in [2.75, 3.05) is 5.73 Å². The van der Waals surface area contributed by atoms with E-state index in [2.05, 4.69) is 4.98 Å². The predicted octanol–water partition coefficient (Wildman–Crippen LogP) is 2.50. The molecule has 1 aromatic rings. The Morgan fingerprint density at radius 1 is 1.21 bits per heavy atom. The molecule has 0 amide bonds. The van der Waals surface area contributed by atoms with Crippen LogP contribution in [0.15, 0.2) is 18.3 Å². The first-order valence-electron chi connectivity index (χ1n) is 4.04. The van der Waals surface area contributed by atoms with Crippen molar-refractivity contribution in [3.63, 3.8) is 0 Å². The molecule has 0 radical (unpaired) electrons. The van der Waals surface area contributed by atoms with Crippen LogP contribution in [0.2, 0.25) is 0 Å². The number of nitrogens with zero attached hydrogens (tertiary/aromatic N) is 1. The molecule has 0 spiro atoms. The largest absolute Gasteiger partial charge is 0.399 e. The molecule has 1 aromatic heterocycles. The number of rotatable bonds is 1. The summed E-state index contributed by atoms with van der Waals surface area (Å²) in [5.41, 5.74) is 3.72. The number of halogens is 3. The molecule has 1 heterocycles. The highest BCUT2D eigenvalue weighted by Gasteiger charge is 2.49. The van der Waals surface area contributed by atoms with Crippen LogP contribution in [0, 0.1) is 0 Å². The minimum Gasteiger partial charge on any atom is -0.397 e. The maximum atomic E-state index is 12.5. The summed E-state index contributed by atoms with van der Waals surface area (Å²) in [5, 5.41) is 0. The zero-order valence-corrected chi connectivity index (χ0v) is 7.89. The zero-order chi connectivity index (χ0) is 11.0. The summed E-state index contributed by atoms with van der Waals surface area (Å²) in [5.74, 6) is 0. The van der Waals surface area contributed by atoms with Crippen LogP contribution in [-0.2, 0) is 5.41 Å². The molecule has 2 N–H and O–H groups in total. The third kappa shape index (κ3) is 1.81. The van der Waals surface area contributed by atoms with E-state index in [0.717, 1.165) is 13.8 Å². The van der Waals surface area contributed by atoms with Gasteiger partial charge in [0.05, 0.1) is 17.6 Å². The Morgan fingerprint density at radius 3 is 2.14 bits per heavy atom. The van der Waals surface area contributed by atoms with Crippen LogP contribution < -0.4 is 5.73 Å². The Labute approximate surface area is 79.9 Å². The molecule has 0 saturated heterocycles. The summed E-state index contributed by atoms with van der Waals surface area (Å²) >= 11 is 0. The first-order chi connectivity index (χ1) is 6.25. The molecular formula is C9H11F3N2. The Balaban J connectivity index is 3.10. The summed E-state index contributed by atoms with van der Waals surface area (Å²) < 4.78 is 37.6. The first kappa shape index (κ1) is 10.8. The van der Waals surface area contributed by atoms with Gasteiger partial charge in [-0.2, -0.15) is 13.2 Å². The summed E-state index contributed by atoms with van der Waals surface area (Å²) in [7, 11) is 0. The number of nitrogen functional groups attached to an aromatic ring is 1. The number of anilines is 1. The fraction of sp³-hybridized carbons (Fsp3) is 0.444. The topological polar surface area (TPSA) is 38.9 Å². The van der Waals surface area contributed by atoms with Gasteiger partial charge in [0.2, 0.25) is 0 Å². The van der Waals surface area contributed by atoms with Gasteiger partial charge < -0.3 is 5.73 Å². The smallest absolute Gasteiger partial charge is 0.397 e. The van der Waals surface area contributed by atoms with Crippen molar-refractivity contribution in [2.24, 2.45) is 0 Å². The van der Waals surface area contributed by atoms with Gasteiger partial charge in [0, 0.05) is 0 Å². The summed E-state index contributed by atoms with van der Waals surface area (Å²) in [6.07, 6.45) is -3.08. The van der Waals surface area contributed by atoms with Crippen LogP contribution >= 0.6 is 0 Å². The van der Waals surface area contributed by atoms with E-state index in [0.29, 0.717) is 5.69 Å². The van der Waals surface area contributed by atoms with Crippen LogP contribution in [-0.4, -0.2) is 11.2 Å². The normalized spacial score (nSPS) is 12.9. The Morgan fingerprint density at radius 2 is 1.79 bits per heavy atom. The van der Waals surface area contributed by atoms with Gasteiger partial charge in [-0.15, -0.1) is 0 Å². The second-order valence-electron chi connectivity index (χ2n) is 3.60. The van der Waals surface area contributed by atoms with Crippen LogP contribution in [0.4, 0.5) is 18.9 Å². The fourth-order valence-corrected chi connectivity index (χ4v) is 0.920. The minimum atomic E-state index is -4.31. The molecule has 0 bridgehead atoms. The average Bonchev–Trinajstić information content (AvgIpc) is 2.03. The van der Waals surface area contributed by atoms with Crippen molar-refractivity contribution in [2.45, 2.75) is 25.4 Å². The van der Waals surface area contributed by atoms with Crippen molar-refractivity contribution in [3.05, 3.63) is 24.0 Å². The number of nitrogens with two attached hydrogens (primary N) is 1. The lowest BCUT2D eigenvalue weighted by molar-refractivity contribution is -0.181. The molecule has 0 aliphatic carbocycles. The Hall–Kier alpha value is -1.26. The number of pyridine rings is 1. The van der Waals surface area contributed by atoms with Gasteiger partial charge in [-0.3, -0.25) is 4.98 Å². The van der Waals surface area contributed by atoms with E-state index in [9.17, 15) is 13.2 Å². The van der Waals surface area contributed by atoms with Crippen LogP contribution in [0.5, 0.6) is 0 Å². The van der Waals surface area contributed by atoms with Gasteiger partial charge in [-0.05, 0) is 26.0 Å².